The second-order valence-corrected chi connectivity index (χ2v) is 6.32. The van der Waals surface area contributed by atoms with Crippen LogP contribution in [0.15, 0.2) is 48.5 Å². The Balaban J connectivity index is 1.91. The fourth-order valence-electron chi connectivity index (χ4n) is 2.73. The molecular weight excluding hydrogens is 341 g/mol. The Hall–Kier alpha value is -2.30. The van der Waals surface area contributed by atoms with Gasteiger partial charge in [-0.05, 0) is 55.0 Å². The Morgan fingerprint density at radius 1 is 1.00 bits per heavy atom. The van der Waals surface area contributed by atoms with Crippen molar-refractivity contribution in [2.24, 2.45) is 5.92 Å². The quantitative estimate of drug-likeness (QED) is 0.572. The third-order valence-electron chi connectivity index (χ3n) is 4.29. The summed E-state index contributed by atoms with van der Waals surface area (Å²) in [6.07, 6.45) is -1.83. The van der Waals surface area contributed by atoms with Crippen molar-refractivity contribution in [3.8, 4) is 11.1 Å². The number of esters is 1. The molecule has 0 saturated carbocycles. The summed E-state index contributed by atoms with van der Waals surface area (Å²) in [5, 5.41) is 0. The molecule has 0 aliphatic rings. The van der Waals surface area contributed by atoms with Crippen LogP contribution in [0.2, 0.25) is 0 Å². The molecule has 2 rings (SSSR count). The zero-order valence-electron chi connectivity index (χ0n) is 15.0. The van der Waals surface area contributed by atoms with Crippen LogP contribution in [-0.2, 0) is 22.1 Å². The molecule has 0 aliphatic heterocycles. The predicted molar refractivity (Wildman–Crippen MR) is 95.6 cm³/mol. The highest BCUT2D eigenvalue weighted by Crippen LogP contribution is 2.31. The number of halogens is 3. The van der Waals surface area contributed by atoms with Crippen LogP contribution in [0.5, 0.6) is 0 Å². The van der Waals surface area contributed by atoms with Crippen LogP contribution in [0, 0.1) is 5.92 Å². The third kappa shape index (κ3) is 5.61. The third-order valence-corrected chi connectivity index (χ3v) is 4.29. The lowest BCUT2D eigenvalue weighted by Gasteiger charge is -2.10. The summed E-state index contributed by atoms with van der Waals surface area (Å²) in [7, 11) is 0. The first-order chi connectivity index (χ1) is 12.3. The Morgan fingerprint density at radius 2 is 1.54 bits per heavy atom. The summed E-state index contributed by atoms with van der Waals surface area (Å²) in [6, 6.07) is 12.9. The fourth-order valence-corrected chi connectivity index (χ4v) is 2.73. The molecule has 0 saturated heterocycles. The first-order valence-corrected chi connectivity index (χ1v) is 8.74. The van der Waals surface area contributed by atoms with Crippen molar-refractivity contribution in [1.29, 1.82) is 0 Å². The largest absolute Gasteiger partial charge is 0.466 e. The van der Waals surface area contributed by atoms with Crippen molar-refractivity contribution < 1.29 is 22.7 Å². The highest BCUT2D eigenvalue weighted by atomic mass is 19.4. The molecule has 0 fully saturated rings. The summed E-state index contributed by atoms with van der Waals surface area (Å²) in [5.74, 6) is -0.272. The first kappa shape index (κ1) is 20.0. The molecule has 0 bridgehead atoms. The lowest BCUT2D eigenvalue weighted by molar-refractivity contribution is -0.147. The maximum Gasteiger partial charge on any atom is 0.416 e. The van der Waals surface area contributed by atoms with Gasteiger partial charge in [0.05, 0.1) is 18.1 Å². The topological polar surface area (TPSA) is 26.3 Å². The molecule has 140 valence electrons. The summed E-state index contributed by atoms with van der Waals surface area (Å²) in [6.45, 7) is 4.06. The van der Waals surface area contributed by atoms with Gasteiger partial charge >= 0.3 is 12.1 Å². The maximum atomic E-state index is 12.6. The van der Waals surface area contributed by atoms with Crippen molar-refractivity contribution in [3.05, 3.63) is 59.7 Å². The smallest absolute Gasteiger partial charge is 0.416 e. The van der Waals surface area contributed by atoms with Gasteiger partial charge in [0.25, 0.3) is 0 Å². The normalized spacial score (nSPS) is 12.7. The Labute approximate surface area is 152 Å². The Morgan fingerprint density at radius 3 is 2.04 bits per heavy atom. The van der Waals surface area contributed by atoms with E-state index in [-0.39, 0.29) is 11.9 Å². The van der Waals surface area contributed by atoms with E-state index < -0.39 is 11.7 Å². The van der Waals surface area contributed by atoms with Gasteiger partial charge in [-0.3, -0.25) is 4.79 Å². The molecule has 5 heteroatoms. The van der Waals surface area contributed by atoms with Gasteiger partial charge in [-0.2, -0.15) is 13.2 Å². The van der Waals surface area contributed by atoms with Gasteiger partial charge in [0.1, 0.15) is 0 Å². The number of aryl methyl sites for hydroxylation is 1. The molecule has 2 nitrogen and oxygen atoms in total. The standard InChI is InChI=1S/C21H23F3O2/c1-3-26-20(25)15(2)5-4-6-16-7-9-17(10-8-16)18-11-13-19(14-12-18)21(22,23)24/h7-15H,3-6H2,1-2H3. The van der Waals surface area contributed by atoms with Crippen molar-refractivity contribution in [2.75, 3.05) is 6.61 Å². The van der Waals surface area contributed by atoms with Crippen molar-refractivity contribution >= 4 is 5.97 Å². The summed E-state index contributed by atoms with van der Waals surface area (Å²) >= 11 is 0. The number of alkyl halides is 3. The van der Waals surface area contributed by atoms with E-state index in [0.29, 0.717) is 6.61 Å². The van der Waals surface area contributed by atoms with Crippen LogP contribution in [0.1, 0.15) is 37.8 Å². The fraction of sp³-hybridized carbons (Fsp3) is 0.381. The SMILES string of the molecule is CCOC(=O)C(C)CCCc1ccc(-c2ccc(C(F)(F)F)cc2)cc1. The number of carbonyl (C=O) groups excluding carboxylic acids is 1. The molecule has 1 unspecified atom stereocenters. The minimum absolute atomic E-state index is 0.110. The van der Waals surface area contributed by atoms with Crippen LogP contribution in [0.3, 0.4) is 0 Å². The highest BCUT2D eigenvalue weighted by molar-refractivity contribution is 5.71. The van der Waals surface area contributed by atoms with E-state index in [1.807, 2.05) is 31.2 Å². The van der Waals surface area contributed by atoms with Crippen molar-refractivity contribution in [3.63, 3.8) is 0 Å². The van der Waals surface area contributed by atoms with Crippen LogP contribution in [0.4, 0.5) is 13.2 Å². The van der Waals surface area contributed by atoms with Crippen LogP contribution in [-0.4, -0.2) is 12.6 Å². The summed E-state index contributed by atoms with van der Waals surface area (Å²) in [5.41, 5.74) is 2.12. The van der Waals surface area contributed by atoms with E-state index in [4.69, 9.17) is 4.74 Å². The van der Waals surface area contributed by atoms with Crippen LogP contribution >= 0.6 is 0 Å². The van der Waals surface area contributed by atoms with Gasteiger partial charge in [-0.25, -0.2) is 0 Å². The number of hydrogen-bond acceptors (Lipinski definition) is 2. The molecular formula is C21H23F3O2. The Bertz CT molecular complexity index is 704. The second-order valence-electron chi connectivity index (χ2n) is 6.32. The van der Waals surface area contributed by atoms with Gasteiger partial charge in [0.15, 0.2) is 0 Å². The lowest BCUT2D eigenvalue weighted by atomic mass is 9.98. The summed E-state index contributed by atoms with van der Waals surface area (Å²) < 4.78 is 42.8. The molecule has 1 atom stereocenters. The number of benzene rings is 2. The average molecular weight is 364 g/mol. The number of carbonyl (C=O) groups is 1. The highest BCUT2D eigenvalue weighted by Gasteiger charge is 2.29. The average Bonchev–Trinajstić information content (AvgIpc) is 2.62. The molecule has 0 spiro atoms. The van der Waals surface area contributed by atoms with E-state index in [1.165, 1.54) is 12.1 Å². The summed E-state index contributed by atoms with van der Waals surface area (Å²) in [4.78, 5) is 11.6. The van der Waals surface area contributed by atoms with Gasteiger partial charge in [0.2, 0.25) is 0 Å². The van der Waals surface area contributed by atoms with Gasteiger partial charge in [0, 0.05) is 0 Å². The van der Waals surface area contributed by atoms with E-state index in [1.54, 1.807) is 6.92 Å². The van der Waals surface area contributed by atoms with Gasteiger partial charge in [-0.1, -0.05) is 43.3 Å². The Kier molecular flexibility index (Phi) is 6.83. The van der Waals surface area contributed by atoms with E-state index in [0.717, 1.165) is 48.1 Å². The van der Waals surface area contributed by atoms with Gasteiger partial charge < -0.3 is 4.74 Å². The number of ether oxygens (including phenoxy) is 1. The maximum absolute atomic E-state index is 12.6. The van der Waals surface area contributed by atoms with Crippen molar-refractivity contribution in [2.45, 2.75) is 39.3 Å². The number of hydrogen-bond donors (Lipinski definition) is 0. The van der Waals surface area contributed by atoms with Gasteiger partial charge in [-0.15, -0.1) is 0 Å². The molecule has 2 aromatic carbocycles. The van der Waals surface area contributed by atoms with Crippen LogP contribution < -0.4 is 0 Å². The molecule has 0 radical (unpaired) electrons. The predicted octanol–water partition coefficient (Wildman–Crippen LogP) is 5.89. The molecule has 0 amide bonds. The molecule has 0 aromatic heterocycles. The van der Waals surface area contributed by atoms with E-state index in [9.17, 15) is 18.0 Å². The lowest BCUT2D eigenvalue weighted by Crippen LogP contribution is -2.14. The second kappa shape index (κ2) is 8.88. The monoisotopic (exact) mass is 364 g/mol. The molecule has 0 aliphatic carbocycles. The zero-order chi connectivity index (χ0) is 19.2. The molecule has 26 heavy (non-hydrogen) atoms. The molecule has 2 aromatic rings. The minimum Gasteiger partial charge on any atom is -0.466 e. The zero-order valence-corrected chi connectivity index (χ0v) is 15.0. The first-order valence-electron chi connectivity index (χ1n) is 8.74. The minimum atomic E-state index is -4.32. The van der Waals surface area contributed by atoms with E-state index >= 15 is 0 Å². The van der Waals surface area contributed by atoms with Crippen molar-refractivity contribution in [1.82, 2.24) is 0 Å². The number of rotatable bonds is 7. The molecule has 0 N–H and O–H groups in total. The molecule has 0 heterocycles. The van der Waals surface area contributed by atoms with E-state index in [2.05, 4.69) is 0 Å². The van der Waals surface area contributed by atoms with Crippen LogP contribution in [0.25, 0.3) is 11.1 Å².